The fourth-order valence-electron chi connectivity index (χ4n) is 7.89. The van der Waals surface area contributed by atoms with Crippen LogP contribution in [0.2, 0.25) is 0 Å². The van der Waals surface area contributed by atoms with Crippen molar-refractivity contribution in [3.63, 3.8) is 0 Å². The molecule has 7 rings (SSSR count). The van der Waals surface area contributed by atoms with Crippen molar-refractivity contribution < 1.29 is 33.8 Å². The Kier molecular flexibility index (Phi) is 10.2. The summed E-state index contributed by atoms with van der Waals surface area (Å²) >= 11 is 3.62. The summed E-state index contributed by atoms with van der Waals surface area (Å²) in [5.41, 5.74) is 0.951. The van der Waals surface area contributed by atoms with Crippen LogP contribution in [0.4, 0.5) is 0 Å². The van der Waals surface area contributed by atoms with Gasteiger partial charge in [-0.25, -0.2) is 0 Å². The number of cyclic esters (lactones) is 1. The average Bonchev–Trinajstić information content (AvgIpc) is 3.75. The molecule has 5 bridgehead atoms. The largest absolute Gasteiger partial charge is 0.455 e. The molecule has 4 aliphatic rings. The summed E-state index contributed by atoms with van der Waals surface area (Å²) in [4.78, 5) is 60.5. The summed E-state index contributed by atoms with van der Waals surface area (Å²) in [5.74, 6) is -3.88. The van der Waals surface area contributed by atoms with Crippen LogP contribution in [-0.2, 0) is 41.6 Å². The smallest absolute Gasteiger partial charge is 0.313 e. The van der Waals surface area contributed by atoms with E-state index in [0.717, 1.165) is 11.1 Å². The number of nitrogens with one attached hydrogen (secondary N) is 1. The van der Waals surface area contributed by atoms with E-state index in [1.165, 1.54) is 4.90 Å². The molecule has 11 heteroatoms. The molecule has 10 nitrogen and oxygen atoms in total. The first-order valence-corrected chi connectivity index (χ1v) is 18.1. The van der Waals surface area contributed by atoms with Crippen LogP contribution in [0, 0.1) is 11.8 Å². The lowest BCUT2D eigenvalue weighted by Crippen LogP contribution is -2.58. The number of benzene rings is 3. The van der Waals surface area contributed by atoms with Gasteiger partial charge in [0, 0.05) is 24.0 Å². The van der Waals surface area contributed by atoms with Gasteiger partial charge in [-0.3, -0.25) is 19.2 Å². The Balaban J connectivity index is 1.33. The number of fused-ring (bicyclic) bond motifs is 2. The van der Waals surface area contributed by atoms with Gasteiger partial charge in [0.15, 0.2) is 0 Å². The third-order valence-corrected chi connectivity index (χ3v) is 10.9. The lowest BCUT2D eigenvalue weighted by atomic mass is 9.74. The highest BCUT2D eigenvalue weighted by molar-refractivity contribution is 9.11. The molecule has 2 fully saturated rings. The standard InChI is InChI=1S/C40H40BrN3O7/c41-30-22-40-34-33(35(30)51-40)39(49)50-31(28-17-9-3-10-18-28)23-42-32(46)19-11-4-12-20-43(24-27-15-7-2-8-16-27)38(48)36(40)44(37(34)47)29(25-45)21-26-13-5-1-6-14-26/h1-10,12-18,22,29,31,33-36,45H,11,19-21,23-25H2,(H,42,46)/b12-4-/t29-,31+,33+,34-,35+,36+,40-/m1/s1. The molecule has 0 aromatic heterocycles. The summed E-state index contributed by atoms with van der Waals surface area (Å²) in [6, 6.07) is 26.2. The number of esters is 1. The number of aliphatic hydroxyl groups excluding tert-OH is 1. The number of allylic oxidation sites excluding steroid dienone is 1. The molecule has 4 aliphatic heterocycles. The van der Waals surface area contributed by atoms with Crippen LogP contribution in [0.1, 0.15) is 35.6 Å². The van der Waals surface area contributed by atoms with Gasteiger partial charge < -0.3 is 29.7 Å². The molecule has 2 saturated heterocycles. The van der Waals surface area contributed by atoms with E-state index in [1.807, 2.05) is 103 Å². The second-order valence-electron chi connectivity index (χ2n) is 13.5. The normalized spacial score (nSPS) is 29.3. The Labute approximate surface area is 305 Å². The molecule has 2 N–H and O–H groups in total. The minimum atomic E-state index is -1.51. The van der Waals surface area contributed by atoms with E-state index in [0.29, 0.717) is 16.5 Å². The van der Waals surface area contributed by atoms with Gasteiger partial charge in [-0.15, -0.1) is 0 Å². The van der Waals surface area contributed by atoms with E-state index >= 15 is 4.79 Å². The highest BCUT2D eigenvalue weighted by atomic mass is 79.9. The minimum Gasteiger partial charge on any atom is -0.455 e. The summed E-state index contributed by atoms with van der Waals surface area (Å²) in [6.07, 6.45) is 4.72. The number of hydrogen-bond donors (Lipinski definition) is 2. The zero-order chi connectivity index (χ0) is 35.5. The van der Waals surface area contributed by atoms with Crippen molar-refractivity contribution in [2.24, 2.45) is 11.8 Å². The molecule has 51 heavy (non-hydrogen) atoms. The summed E-state index contributed by atoms with van der Waals surface area (Å²) < 4.78 is 13.4. The number of carbonyl (C=O) groups excluding carboxylic acids is 4. The number of likely N-dealkylation sites (tertiary alicyclic amines) is 1. The van der Waals surface area contributed by atoms with E-state index in [2.05, 4.69) is 21.2 Å². The Morgan fingerprint density at radius 3 is 2.24 bits per heavy atom. The molecule has 0 radical (unpaired) electrons. The molecule has 0 saturated carbocycles. The van der Waals surface area contributed by atoms with Crippen LogP contribution in [0.25, 0.3) is 0 Å². The van der Waals surface area contributed by atoms with E-state index in [1.54, 1.807) is 11.0 Å². The topological polar surface area (TPSA) is 125 Å². The molecular weight excluding hydrogens is 714 g/mol. The van der Waals surface area contributed by atoms with Gasteiger partial charge in [0.25, 0.3) is 0 Å². The van der Waals surface area contributed by atoms with Crippen molar-refractivity contribution in [3.8, 4) is 0 Å². The van der Waals surface area contributed by atoms with Gasteiger partial charge in [0.2, 0.25) is 17.7 Å². The monoisotopic (exact) mass is 753 g/mol. The zero-order valence-electron chi connectivity index (χ0n) is 28.0. The second kappa shape index (κ2) is 15.0. The minimum absolute atomic E-state index is 0.0407. The zero-order valence-corrected chi connectivity index (χ0v) is 29.6. The Morgan fingerprint density at radius 2 is 1.55 bits per heavy atom. The molecule has 7 atom stereocenters. The van der Waals surface area contributed by atoms with Crippen molar-refractivity contribution in [1.29, 1.82) is 0 Å². The number of ether oxygens (including phenoxy) is 2. The van der Waals surface area contributed by atoms with Crippen molar-refractivity contribution in [3.05, 3.63) is 130 Å². The van der Waals surface area contributed by atoms with Crippen LogP contribution in [0.15, 0.2) is 114 Å². The molecule has 3 amide bonds. The van der Waals surface area contributed by atoms with Gasteiger partial charge in [-0.1, -0.05) is 119 Å². The molecule has 4 heterocycles. The predicted molar refractivity (Wildman–Crippen MR) is 192 cm³/mol. The maximum Gasteiger partial charge on any atom is 0.313 e. The molecule has 0 unspecified atom stereocenters. The van der Waals surface area contributed by atoms with Crippen molar-refractivity contribution in [2.45, 2.75) is 55.7 Å². The maximum atomic E-state index is 15.1. The number of rotatable bonds is 7. The van der Waals surface area contributed by atoms with Crippen LogP contribution in [-0.4, -0.2) is 82.1 Å². The number of amides is 3. The van der Waals surface area contributed by atoms with Gasteiger partial charge in [0.1, 0.15) is 29.8 Å². The fraction of sp³-hybridized carbons (Fsp3) is 0.350. The highest BCUT2D eigenvalue weighted by Gasteiger charge is 2.75. The fourth-order valence-corrected chi connectivity index (χ4v) is 8.62. The van der Waals surface area contributed by atoms with Crippen molar-refractivity contribution in [1.82, 2.24) is 15.1 Å². The first kappa shape index (κ1) is 34.9. The van der Waals surface area contributed by atoms with Crippen LogP contribution in [0.5, 0.6) is 0 Å². The number of aliphatic hydroxyl groups is 1. The summed E-state index contributed by atoms with van der Waals surface area (Å²) in [5, 5.41) is 13.8. The lowest BCUT2D eigenvalue weighted by molar-refractivity contribution is -0.160. The first-order valence-electron chi connectivity index (χ1n) is 17.3. The number of hydrogen-bond acceptors (Lipinski definition) is 7. The maximum absolute atomic E-state index is 15.1. The molecule has 264 valence electrons. The van der Waals surface area contributed by atoms with Crippen LogP contribution in [0.3, 0.4) is 0 Å². The second-order valence-corrected chi connectivity index (χ2v) is 14.4. The van der Waals surface area contributed by atoms with E-state index < -0.39 is 60.2 Å². The summed E-state index contributed by atoms with van der Waals surface area (Å²) in [7, 11) is 0. The first-order chi connectivity index (χ1) is 24.8. The highest BCUT2D eigenvalue weighted by Crippen LogP contribution is 2.59. The number of carbonyl (C=O) groups is 4. The Bertz CT molecular complexity index is 1820. The quantitative estimate of drug-likeness (QED) is 0.273. The van der Waals surface area contributed by atoms with Gasteiger partial charge in [-0.2, -0.15) is 0 Å². The van der Waals surface area contributed by atoms with Gasteiger partial charge >= 0.3 is 5.97 Å². The molecule has 3 aromatic carbocycles. The van der Waals surface area contributed by atoms with Gasteiger partial charge in [0.05, 0.1) is 25.1 Å². The Hall–Kier alpha value is -4.58. The average molecular weight is 755 g/mol. The molecular formula is C40H40BrN3O7. The summed E-state index contributed by atoms with van der Waals surface area (Å²) in [6.45, 7) is 0.0713. The van der Waals surface area contributed by atoms with Crippen LogP contribution < -0.4 is 5.32 Å². The van der Waals surface area contributed by atoms with Crippen molar-refractivity contribution >= 4 is 39.6 Å². The third-order valence-electron chi connectivity index (χ3n) is 10.3. The van der Waals surface area contributed by atoms with Gasteiger partial charge in [-0.05, 0) is 35.6 Å². The van der Waals surface area contributed by atoms with E-state index in [-0.39, 0.29) is 44.3 Å². The predicted octanol–water partition coefficient (Wildman–Crippen LogP) is 4.24. The van der Waals surface area contributed by atoms with Crippen LogP contribution >= 0.6 is 15.9 Å². The van der Waals surface area contributed by atoms with E-state index in [4.69, 9.17) is 9.47 Å². The molecule has 0 aliphatic carbocycles. The molecule has 3 aromatic rings. The lowest BCUT2D eigenvalue weighted by Gasteiger charge is -2.39. The SMILES string of the molecule is O=C1CC/C=C\CN(Cc2ccccc2)C(=O)[C@@H]2N([C@@H](CO)Cc3ccccc3)C(=O)[C@H]3[C@H](C(=O)O[C@H](c4ccccc4)CN1)[C@H]1O[C@@]23C=C1Br. The number of halogens is 1. The van der Waals surface area contributed by atoms with Crippen molar-refractivity contribution in [2.75, 3.05) is 19.7 Å². The third kappa shape index (κ3) is 6.78. The van der Waals surface area contributed by atoms with E-state index in [9.17, 15) is 19.5 Å². The number of nitrogens with zero attached hydrogens (tertiary/aromatic N) is 2. The Morgan fingerprint density at radius 1 is 0.882 bits per heavy atom. The molecule has 1 spiro atoms.